The first-order valence-electron chi connectivity index (χ1n) is 9.62. The fourth-order valence-electron chi connectivity index (χ4n) is 3.29. The Morgan fingerprint density at radius 3 is 2.30 bits per heavy atom. The Balaban J connectivity index is 1.75. The van der Waals surface area contributed by atoms with Crippen LogP contribution in [0.15, 0.2) is 78.0 Å². The third-order valence-corrected chi connectivity index (χ3v) is 5.86. The summed E-state index contributed by atoms with van der Waals surface area (Å²) in [6.45, 7) is 2.10. The molecule has 0 N–H and O–H groups in total. The second-order valence-electron chi connectivity index (χ2n) is 6.76. The lowest BCUT2D eigenvalue weighted by molar-refractivity contribution is 0.411. The van der Waals surface area contributed by atoms with Gasteiger partial charge in [-0.25, -0.2) is 0 Å². The van der Waals surface area contributed by atoms with E-state index in [0.717, 1.165) is 50.6 Å². The monoisotopic (exact) mass is 417 g/mol. The zero-order valence-electron chi connectivity index (χ0n) is 17.2. The number of aryl methyl sites for hydroxylation is 1. The molecule has 0 fully saturated rings. The van der Waals surface area contributed by atoms with E-state index in [1.54, 1.807) is 26.0 Å². The zero-order valence-corrected chi connectivity index (χ0v) is 18.0. The van der Waals surface area contributed by atoms with E-state index in [0.29, 0.717) is 0 Å². The fraction of sp³-hybridized carbons (Fsp3) is 0.167. The lowest BCUT2D eigenvalue weighted by atomic mass is 10.1. The Morgan fingerprint density at radius 2 is 1.57 bits per heavy atom. The Labute approximate surface area is 180 Å². The van der Waals surface area contributed by atoms with Gasteiger partial charge in [-0.05, 0) is 48.9 Å². The molecular formula is C24H23N3O2S. The van der Waals surface area contributed by atoms with E-state index >= 15 is 0 Å². The van der Waals surface area contributed by atoms with Crippen LogP contribution in [0, 0.1) is 6.92 Å². The number of hydrogen-bond acceptors (Lipinski definition) is 5. The largest absolute Gasteiger partial charge is 0.497 e. The first kappa shape index (κ1) is 20.0. The third kappa shape index (κ3) is 4.04. The van der Waals surface area contributed by atoms with E-state index in [1.165, 1.54) is 0 Å². The number of ether oxygens (including phenoxy) is 2. The van der Waals surface area contributed by atoms with Gasteiger partial charge in [-0.3, -0.25) is 4.57 Å². The summed E-state index contributed by atoms with van der Waals surface area (Å²) in [5.41, 5.74) is 4.33. The van der Waals surface area contributed by atoms with Gasteiger partial charge >= 0.3 is 0 Å². The summed E-state index contributed by atoms with van der Waals surface area (Å²) in [7, 11) is 3.36. The number of thioether (sulfide) groups is 1. The van der Waals surface area contributed by atoms with Crippen LogP contribution in [0.25, 0.3) is 17.1 Å². The molecule has 0 aliphatic rings. The first-order chi connectivity index (χ1) is 14.7. The standard InChI is InChI=1S/C24H23N3O2S/c1-17-8-4-6-10-21(17)27-23(18-12-14-20(28-2)15-13-18)25-26-24(27)30-16-19-9-5-7-11-22(19)29-3/h4-15H,16H2,1-3H3. The molecule has 0 amide bonds. The quantitative estimate of drug-likeness (QED) is 0.369. The summed E-state index contributed by atoms with van der Waals surface area (Å²) in [6, 6.07) is 24.2. The molecule has 0 aliphatic heterocycles. The van der Waals surface area contributed by atoms with Crippen molar-refractivity contribution in [3.63, 3.8) is 0 Å². The molecule has 3 aromatic carbocycles. The Kier molecular flexibility index (Phi) is 6.05. The summed E-state index contributed by atoms with van der Waals surface area (Å²) < 4.78 is 12.9. The van der Waals surface area contributed by atoms with Crippen molar-refractivity contribution in [1.29, 1.82) is 0 Å². The van der Waals surface area contributed by atoms with Crippen molar-refractivity contribution in [2.24, 2.45) is 0 Å². The van der Waals surface area contributed by atoms with Gasteiger partial charge in [-0.15, -0.1) is 10.2 Å². The lowest BCUT2D eigenvalue weighted by Crippen LogP contribution is -2.02. The minimum atomic E-state index is 0.733. The summed E-state index contributed by atoms with van der Waals surface area (Å²) >= 11 is 1.64. The lowest BCUT2D eigenvalue weighted by Gasteiger charge is -2.13. The van der Waals surface area contributed by atoms with Crippen LogP contribution in [-0.4, -0.2) is 29.0 Å². The maximum atomic E-state index is 5.50. The molecule has 0 spiro atoms. The second-order valence-corrected chi connectivity index (χ2v) is 7.70. The fourth-order valence-corrected chi connectivity index (χ4v) is 4.22. The van der Waals surface area contributed by atoms with E-state index in [2.05, 4.69) is 39.9 Å². The number of para-hydroxylation sites is 2. The van der Waals surface area contributed by atoms with Gasteiger partial charge in [0.15, 0.2) is 11.0 Å². The molecule has 0 unspecified atom stereocenters. The zero-order chi connectivity index (χ0) is 20.9. The molecule has 0 radical (unpaired) electrons. The van der Waals surface area contributed by atoms with Crippen LogP contribution < -0.4 is 9.47 Å². The molecule has 1 heterocycles. The van der Waals surface area contributed by atoms with E-state index < -0.39 is 0 Å². The molecule has 5 nitrogen and oxygen atoms in total. The van der Waals surface area contributed by atoms with Gasteiger partial charge in [0.1, 0.15) is 11.5 Å². The SMILES string of the molecule is COc1ccc(-c2nnc(SCc3ccccc3OC)n2-c2ccccc2C)cc1. The minimum Gasteiger partial charge on any atom is -0.497 e. The highest BCUT2D eigenvalue weighted by Crippen LogP contribution is 2.33. The highest BCUT2D eigenvalue weighted by atomic mass is 32.2. The number of benzene rings is 3. The number of methoxy groups -OCH3 is 2. The first-order valence-corrected chi connectivity index (χ1v) is 10.6. The van der Waals surface area contributed by atoms with Gasteiger partial charge in [0, 0.05) is 16.9 Å². The van der Waals surface area contributed by atoms with Crippen molar-refractivity contribution in [1.82, 2.24) is 14.8 Å². The van der Waals surface area contributed by atoms with Crippen LogP contribution >= 0.6 is 11.8 Å². The van der Waals surface area contributed by atoms with Gasteiger partial charge in [0.2, 0.25) is 0 Å². The van der Waals surface area contributed by atoms with Crippen molar-refractivity contribution in [2.45, 2.75) is 17.8 Å². The second kappa shape index (κ2) is 9.05. The van der Waals surface area contributed by atoms with Crippen LogP contribution in [0.4, 0.5) is 0 Å². The van der Waals surface area contributed by atoms with Crippen molar-refractivity contribution >= 4 is 11.8 Å². The average molecular weight is 418 g/mol. The van der Waals surface area contributed by atoms with Crippen LogP contribution in [0.2, 0.25) is 0 Å². The highest BCUT2D eigenvalue weighted by molar-refractivity contribution is 7.98. The van der Waals surface area contributed by atoms with Crippen molar-refractivity contribution < 1.29 is 9.47 Å². The molecule has 0 saturated carbocycles. The molecule has 0 saturated heterocycles. The van der Waals surface area contributed by atoms with Gasteiger partial charge in [-0.1, -0.05) is 48.2 Å². The van der Waals surface area contributed by atoms with Gasteiger partial charge < -0.3 is 9.47 Å². The van der Waals surface area contributed by atoms with Gasteiger partial charge in [0.05, 0.1) is 19.9 Å². The molecule has 4 aromatic rings. The van der Waals surface area contributed by atoms with E-state index in [4.69, 9.17) is 9.47 Å². The Bertz CT molecular complexity index is 1140. The average Bonchev–Trinajstić information content (AvgIpc) is 3.22. The molecular weight excluding hydrogens is 394 g/mol. The molecule has 4 rings (SSSR count). The Hall–Kier alpha value is -3.25. The third-order valence-electron chi connectivity index (χ3n) is 4.89. The summed E-state index contributed by atoms with van der Waals surface area (Å²) in [5, 5.41) is 9.90. The topological polar surface area (TPSA) is 49.2 Å². The maximum Gasteiger partial charge on any atom is 0.196 e. The smallest absolute Gasteiger partial charge is 0.196 e. The number of hydrogen-bond donors (Lipinski definition) is 0. The highest BCUT2D eigenvalue weighted by Gasteiger charge is 2.18. The predicted molar refractivity (Wildman–Crippen MR) is 121 cm³/mol. The van der Waals surface area contributed by atoms with Crippen molar-refractivity contribution in [3.8, 4) is 28.6 Å². The number of nitrogens with zero attached hydrogens (tertiary/aromatic N) is 3. The molecule has 1 aromatic heterocycles. The van der Waals surface area contributed by atoms with Crippen LogP contribution in [0.1, 0.15) is 11.1 Å². The molecule has 0 atom stereocenters. The minimum absolute atomic E-state index is 0.733. The normalized spacial score (nSPS) is 10.8. The number of aromatic nitrogens is 3. The van der Waals surface area contributed by atoms with Crippen LogP contribution in [0.3, 0.4) is 0 Å². The van der Waals surface area contributed by atoms with E-state index in [1.807, 2.05) is 54.6 Å². The predicted octanol–water partition coefficient (Wildman–Crippen LogP) is 5.55. The Morgan fingerprint density at radius 1 is 0.833 bits per heavy atom. The molecule has 6 heteroatoms. The van der Waals surface area contributed by atoms with Crippen LogP contribution in [-0.2, 0) is 5.75 Å². The van der Waals surface area contributed by atoms with E-state index in [9.17, 15) is 0 Å². The summed E-state index contributed by atoms with van der Waals surface area (Å²) in [5.74, 6) is 3.22. The maximum absolute atomic E-state index is 5.50. The number of rotatable bonds is 7. The molecule has 30 heavy (non-hydrogen) atoms. The molecule has 0 aliphatic carbocycles. The van der Waals surface area contributed by atoms with E-state index in [-0.39, 0.29) is 0 Å². The van der Waals surface area contributed by atoms with Crippen molar-refractivity contribution in [2.75, 3.05) is 14.2 Å². The summed E-state index contributed by atoms with van der Waals surface area (Å²) in [4.78, 5) is 0. The molecule has 152 valence electrons. The van der Waals surface area contributed by atoms with Crippen molar-refractivity contribution in [3.05, 3.63) is 83.9 Å². The van der Waals surface area contributed by atoms with Crippen LogP contribution in [0.5, 0.6) is 11.5 Å². The van der Waals surface area contributed by atoms with Gasteiger partial charge in [-0.2, -0.15) is 0 Å². The van der Waals surface area contributed by atoms with Gasteiger partial charge in [0.25, 0.3) is 0 Å². The molecule has 0 bridgehead atoms. The summed E-state index contributed by atoms with van der Waals surface area (Å²) in [6.07, 6.45) is 0.